The first-order chi connectivity index (χ1) is 20.2. The molecule has 2 atom stereocenters. The van der Waals surface area contributed by atoms with E-state index in [4.69, 9.17) is 27.9 Å². The number of imide groups is 1. The lowest BCUT2D eigenvalue weighted by molar-refractivity contribution is -0.122. The Labute approximate surface area is 249 Å². The third-order valence-electron chi connectivity index (χ3n) is 8.43. The Balaban J connectivity index is 1.22. The molecule has 2 amide bonds. The normalized spacial score (nSPS) is 25.1. The molecule has 1 aliphatic heterocycles. The van der Waals surface area contributed by atoms with Crippen molar-refractivity contribution in [1.82, 2.24) is 0 Å². The van der Waals surface area contributed by atoms with E-state index in [1.165, 1.54) is 36.4 Å². The van der Waals surface area contributed by atoms with Crippen LogP contribution in [0.3, 0.4) is 0 Å². The Morgan fingerprint density at radius 2 is 1.21 bits per heavy atom. The van der Waals surface area contributed by atoms with Gasteiger partial charge in [-0.1, -0.05) is 54.6 Å². The minimum Gasteiger partial charge on any atom is -0.454 e. The topological polar surface area (TPSA) is 80.8 Å². The van der Waals surface area contributed by atoms with E-state index < -0.39 is 57.6 Å². The van der Waals surface area contributed by atoms with Crippen molar-refractivity contribution in [2.45, 2.75) is 9.75 Å². The smallest absolute Gasteiger partial charge is 0.338 e. The number of ketones is 1. The second-order valence-electron chi connectivity index (χ2n) is 10.5. The van der Waals surface area contributed by atoms with Crippen molar-refractivity contribution in [2.24, 2.45) is 11.8 Å². The molecule has 0 saturated carbocycles. The largest absolute Gasteiger partial charge is 0.454 e. The second kappa shape index (κ2) is 9.34. The zero-order valence-corrected chi connectivity index (χ0v) is 23.2. The number of hydrogen-bond donors (Lipinski definition) is 0. The van der Waals surface area contributed by atoms with E-state index in [-0.39, 0.29) is 16.8 Å². The molecule has 1 saturated heterocycles. The van der Waals surface area contributed by atoms with Gasteiger partial charge in [0.1, 0.15) is 15.6 Å². The summed E-state index contributed by atoms with van der Waals surface area (Å²) in [5, 5.41) is 0. The third-order valence-corrected chi connectivity index (χ3v) is 9.71. The summed E-state index contributed by atoms with van der Waals surface area (Å²) in [6.45, 7) is -0.569. The summed E-state index contributed by atoms with van der Waals surface area (Å²) in [6.07, 6.45) is 0. The summed E-state index contributed by atoms with van der Waals surface area (Å²) in [4.78, 5) is 52.0. The molecule has 9 heteroatoms. The highest BCUT2D eigenvalue weighted by molar-refractivity contribution is 6.38. The average molecular weight is 600 g/mol. The van der Waals surface area contributed by atoms with Gasteiger partial charge in [0, 0.05) is 5.56 Å². The molecule has 4 aliphatic rings. The quantitative estimate of drug-likeness (QED) is 0.122. The molecule has 3 aliphatic carbocycles. The first-order valence-electron chi connectivity index (χ1n) is 13.2. The number of carbonyl (C=O) groups excluding carboxylic acids is 4. The minimum absolute atomic E-state index is 0.0330. The SMILES string of the molecule is O=C(COC(=O)c1cccc(N2C(=O)[C@@H]3[C@H](C2=O)C2(Cl)c4ccccc4C3(Cl)c3ccccc32)c1)c1ccc(F)cc1. The molecule has 0 unspecified atom stereocenters. The maximum Gasteiger partial charge on any atom is 0.338 e. The molecule has 0 radical (unpaired) electrons. The van der Waals surface area contributed by atoms with Gasteiger partial charge in [0.15, 0.2) is 12.4 Å². The predicted molar refractivity (Wildman–Crippen MR) is 153 cm³/mol. The van der Waals surface area contributed by atoms with Crippen LogP contribution in [0, 0.1) is 17.7 Å². The van der Waals surface area contributed by atoms with E-state index >= 15 is 0 Å². The van der Waals surface area contributed by atoms with Crippen LogP contribution in [0.2, 0.25) is 0 Å². The van der Waals surface area contributed by atoms with E-state index in [0.717, 1.165) is 17.0 Å². The molecule has 208 valence electrons. The molecule has 1 heterocycles. The van der Waals surface area contributed by atoms with Crippen molar-refractivity contribution < 1.29 is 28.3 Å². The van der Waals surface area contributed by atoms with E-state index in [9.17, 15) is 23.6 Å². The van der Waals surface area contributed by atoms with Crippen molar-refractivity contribution in [1.29, 1.82) is 0 Å². The molecule has 0 aromatic heterocycles. The second-order valence-corrected chi connectivity index (χ2v) is 11.7. The fourth-order valence-electron chi connectivity index (χ4n) is 6.63. The van der Waals surface area contributed by atoms with E-state index in [0.29, 0.717) is 22.3 Å². The highest BCUT2D eigenvalue weighted by Crippen LogP contribution is 2.69. The van der Waals surface area contributed by atoms with Crippen LogP contribution in [0.25, 0.3) is 0 Å². The summed E-state index contributed by atoms with van der Waals surface area (Å²) in [5.74, 6) is -4.85. The van der Waals surface area contributed by atoms with Gasteiger partial charge >= 0.3 is 5.97 Å². The van der Waals surface area contributed by atoms with E-state index in [1.54, 1.807) is 0 Å². The predicted octanol–water partition coefficient (Wildman–Crippen LogP) is 5.96. The monoisotopic (exact) mass is 599 g/mol. The fourth-order valence-corrected chi connectivity index (χ4v) is 7.72. The highest BCUT2D eigenvalue weighted by atomic mass is 35.5. The molecule has 8 rings (SSSR count). The van der Waals surface area contributed by atoms with Crippen LogP contribution in [0.15, 0.2) is 97.1 Å². The van der Waals surface area contributed by atoms with Crippen LogP contribution in [-0.4, -0.2) is 30.2 Å². The van der Waals surface area contributed by atoms with Crippen LogP contribution >= 0.6 is 23.2 Å². The van der Waals surface area contributed by atoms with Crippen LogP contribution in [-0.2, 0) is 24.1 Å². The molecule has 0 spiro atoms. The Morgan fingerprint density at radius 1 is 0.714 bits per heavy atom. The number of Topliss-reactive ketones (excluding diaryl/α,β-unsaturated/α-hetero) is 1. The lowest BCUT2D eigenvalue weighted by atomic mass is 9.54. The van der Waals surface area contributed by atoms with Crippen molar-refractivity contribution in [2.75, 3.05) is 11.5 Å². The van der Waals surface area contributed by atoms with Gasteiger partial charge in [0.25, 0.3) is 0 Å². The minimum atomic E-state index is -1.33. The van der Waals surface area contributed by atoms with Crippen molar-refractivity contribution >= 4 is 52.5 Å². The van der Waals surface area contributed by atoms with Gasteiger partial charge in [-0.2, -0.15) is 0 Å². The Bertz CT molecular complexity index is 1720. The van der Waals surface area contributed by atoms with Crippen LogP contribution in [0.1, 0.15) is 43.0 Å². The molecule has 42 heavy (non-hydrogen) atoms. The molecule has 6 nitrogen and oxygen atoms in total. The number of benzene rings is 4. The molecule has 4 aromatic rings. The summed E-state index contributed by atoms with van der Waals surface area (Å²) >= 11 is 14.9. The average Bonchev–Trinajstić information content (AvgIpc) is 3.29. The zero-order valence-electron chi connectivity index (χ0n) is 21.7. The van der Waals surface area contributed by atoms with Crippen LogP contribution in [0.5, 0.6) is 0 Å². The van der Waals surface area contributed by atoms with Gasteiger partial charge in [-0.25, -0.2) is 14.1 Å². The number of ether oxygens (including phenoxy) is 1. The van der Waals surface area contributed by atoms with E-state index in [2.05, 4.69) is 0 Å². The molecular weight excluding hydrogens is 580 g/mol. The van der Waals surface area contributed by atoms with Crippen molar-refractivity contribution in [3.63, 3.8) is 0 Å². The number of alkyl halides is 2. The van der Waals surface area contributed by atoms with Gasteiger partial charge in [0.05, 0.1) is 23.1 Å². The summed E-state index contributed by atoms with van der Waals surface area (Å²) in [6, 6.07) is 25.4. The molecule has 4 aromatic carbocycles. The number of esters is 1. The lowest BCUT2D eigenvalue weighted by Crippen LogP contribution is -2.57. The van der Waals surface area contributed by atoms with Crippen molar-refractivity contribution in [3.8, 4) is 0 Å². The van der Waals surface area contributed by atoms with Crippen LogP contribution < -0.4 is 4.90 Å². The first-order valence-corrected chi connectivity index (χ1v) is 13.9. The number of rotatable bonds is 5. The van der Waals surface area contributed by atoms with Gasteiger partial charge in [-0.05, 0) is 64.7 Å². The lowest BCUT2D eigenvalue weighted by Gasteiger charge is -2.54. The third kappa shape index (κ3) is 3.50. The Morgan fingerprint density at radius 3 is 1.71 bits per heavy atom. The van der Waals surface area contributed by atoms with Crippen molar-refractivity contribution in [3.05, 3.63) is 136 Å². The number of nitrogens with zero attached hydrogens (tertiary/aromatic N) is 1. The summed E-state index contributed by atoms with van der Waals surface area (Å²) in [5.41, 5.74) is 3.13. The van der Waals surface area contributed by atoms with Gasteiger partial charge in [-0.3, -0.25) is 14.4 Å². The molecule has 0 N–H and O–H groups in total. The van der Waals surface area contributed by atoms with E-state index in [1.807, 2.05) is 48.5 Å². The standard InChI is InChI=1S/C33H20Cl2FNO5/c34-32-22-8-1-2-9-23(22)33(35,25-11-4-3-10-24(25)32)28-27(32)29(39)37(30(28)40)21-7-5-6-19(16-21)31(41)42-17-26(38)18-12-14-20(36)15-13-18/h1-16,27-28H,17H2/t27-,28+,32?,33?. The van der Waals surface area contributed by atoms with Crippen LogP contribution in [0.4, 0.5) is 10.1 Å². The molecule has 1 fully saturated rings. The maximum atomic E-state index is 14.2. The highest BCUT2D eigenvalue weighted by Gasteiger charge is 2.73. The number of halogens is 3. The Hall–Kier alpha value is -4.33. The molecular formula is C33H20Cl2FNO5. The number of hydrogen-bond acceptors (Lipinski definition) is 5. The van der Waals surface area contributed by atoms with Gasteiger partial charge in [0.2, 0.25) is 11.8 Å². The van der Waals surface area contributed by atoms with Gasteiger partial charge in [-0.15, -0.1) is 23.2 Å². The molecule has 2 bridgehead atoms. The fraction of sp³-hybridized carbons (Fsp3) is 0.152. The number of carbonyl (C=O) groups is 4. The zero-order chi connectivity index (χ0) is 29.4. The number of amides is 2. The summed E-state index contributed by atoms with van der Waals surface area (Å²) < 4.78 is 18.4. The maximum absolute atomic E-state index is 14.2. The number of anilines is 1. The Kier molecular flexibility index (Phi) is 5.91. The summed E-state index contributed by atoms with van der Waals surface area (Å²) in [7, 11) is 0. The van der Waals surface area contributed by atoms with Gasteiger partial charge < -0.3 is 4.74 Å². The first kappa shape index (κ1) is 26.6.